The van der Waals surface area contributed by atoms with E-state index in [0.717, 1.165) is 10.4 Å². The van der Waals surface area contributed by atoms with Gasteiger partial charge in [0.05, 0.1) is 6.54 Å². The van der Waals surface area contributed by atoms with Crippen molar-refractivity contribution in [1.29, 1.82) is 5.26 Å². The molecule has 0 radical (unpaired) electrons. The molecular weight excluding hydrogens is 487 g/mol. The van der Waals surface area contributed by atoms with E-state index in [0.29, 0.717) is 29.1 Å². The fraction of sp³-hybridized carbons (Fsp3) is 0.346. The Morgan fingerprint density at radius 1 is 1.33 bits per heavy atom. The highest BCUT2D eigenvalue weighted by Crippen LogP contribution is 2.44. The van der Waals surface area contributed by atoms with Crippen LogP contribution in [0.2, 0.25) is 0 Å². The number of nitriles is 1. The predicted octanol–water partition coefficient (Wildman–Crippen LogP) is 5.16. The molecule has 36 heavy (non-hydrogen) atoms. The van der Waals surface area contributed by atoms with Crippen LogP contribution < -0.4 is 5.32 Å². The average molecular weight is 514 g/mol. The van der Waals surface area contributed by atoms with Gasteiger partial charge in [-0.3, -0.25) is 9.48 Å². The van der Waals surface area contributed by atoms with Gasteiger partial charge in [0.1, 0.15) is 10.9 Å². The van der Waals surface area contributed by atoms with Crippen LogP contribution in [0.25, 0.3) is 11.1 Å². The van der Waals surface area contributed by atoms with E-state index in [1.807, 2.05) is 6.92 Å². The average Bonchev–Trinajstić information content (AvgIpc) is 3.50. The van der Waals surface area contributed by atoms with E-state index in [-0.39, 0.29) is 24.1 Å². The van der Waals surface area contributed by atoms with Crippen molar-refractivity contribution in [3.63, 3.8) is 0 Å². The van der Waals surface area contributed by atoms with Crippen molar-refractivity contribution in [2.75, 3.05) is 13.6 Å². The van der Waals surface area contributed by atoms with Crippen LogP contribution >= 0.6 is 11.3 Å². The number of aryl methyl sites for hydroxylation is 1. The number of aromatic nitrogens is 2. The third-order valence-corrected chi connectivity index (χ3v) is 7.38. The van der Waals surface area contributed by atoms with Crippen LogP contribution in [-0.2, 0) is 24.1 Å². The number of halogens is 3. The molecule has 1 aromatic carbocycles. The van der Waals surface area contributed by atoms with Crippen LogP contribution in [0.4, 0.5) is 13.2 Å². The van der Waals surface area contributed by atoms with Gasteiger partial charge in [-0.05, 0) is 43.7 Å². The minimum atomic E-state index is -4.62. The van der Waals surface area contributed by atoms with Gasteiger partial charge in [-0.15, -0.1) is 11.3 Å². The van der Waals surface area contributed by atoms with Gasteiger partial charge < -0.3 is 10.2 Å². The molecule has 188 valence electrons. The number of carbonyl (C=O) groups excluding carboxylic acids is 1. The summed E-state index contributed by atoms with van der Waals surface area (Å²) in [5.41, 5.74) is 1.01. The van der Waals surface area contributed by atoms with Gasteiger partial charge in [0.25, 0.3) is 0 Å². The summed E-state index contributed by atoms with van der Waals surface area (Å²) in [6.45, 7) is 4.58. The smallest absolute Gasteiger partial charge is 0.333 e. The third kappa shape index (κ3) is 5.08. The van der Waals surface area contributed by atoms with Crippen LogP contribution in [0, 0.1) is 11.3 Å². The van der Waals surface area contributed by atoms with Crippen molar-refractivity contribution in [1.82, 2.24) is 20.0 Å². The fourth-order valence-electron chi connectivity index (χ4n) is 4.37. The standard InChI is InChI=1S/C26H26F3N5OS/c1-4-34-14-22(25(32-34)26(27,28)29)19-8-6-5-7-18(19)21-13-33(24(35)10-9-16(2)31-3)15-23-20(21)11-17(12-30)36-23/h5-11,14,16,21,31H,4,13,15H2,1-3H3/b10-9+/t16-,21+/m1/s1. The summed E-state index contributed by atoms with van der Waals surface area (Å²) in [6, 6.07) is 10.9. The number of hydrogen-bond donors (Lipinski definition) is 1. The van der Waals surface area contributed by atoms with Gasteiger partial charge in [0, 0.05) is 47.8 Å². The molecule has 0 saturated heterocycles. The third-order valence-electron chi connectivity index (χ3n) is 6.34. The Labute approximate surface area is 211 Å². The molecule has 1 aliphatic heterocycles. The molecule has 1 amide bonds. The summed E-state index contributed by atoms with van der Waals surface area (Å²) >= 11 is 1.31. The van der Waals surface area contributed by atoms with Gasteiger partial charge in [0.15, 0.2) is 5.69 Å². The van der Waals surface area contributed by atoms with Gasteiger partial charge in [0.2, 0.25) is 5.91 Å². The zero-order valence-electron chi connectivity index (χ0n) is 20.1. The lowest BCUT2D eigenvalue weighted by atomic mass is 9.83. The second-order valence-corrected chi connectivity index (χ2v) is 9.78. The molecule has 10 heteroatoms. The second-order valence-electron chi connectivity index (χ2n) is 8.64. The number of alkyl halides is 3. The van der Waals surface area contributed by atoms with E-state index in [4.69, 9.17) is 0 Å². The van der Waals surface area contributed by atoms with Crippen LogP contribution in [0.5, 0.6) is 0 Å². The Balaban J connectivity index is 1.82. The maximum absolute atomic E-state index is 13.9. The summed E-state index contributed by atoms with van der Waals surface area (Å²) in [6.07, 6.45) is 0.0872. The first-order valence-electron chi connectivity index (χ1n) is 11.6. The molecule has 6 nitrogen and oxygen atoms in total. The quantitative estimate of drug-likeness (QED) is 0.462. The summed E-state index contributed by atoms with van der Waals surface area (Å²) < 4.78 is 43.0. The van der Waals surface area contributed by atoms with Crippen molar-refractivity contribution in [2.45, 2.75) is 45.1 Å². The molecule has 0 aliphatic carbocycles. The molecule has 4 rings (SSSR count). The van der Waals surface area contributed by atoms with Crippen molar-refractivity contribution >= 4 is 17.2 Å². The summed E-state index contributed by atoms with van der Waals surface area (Å²) in [4.78, 5) is 16.1. The number of fused-ring (bicyclic) bond motifs is 1. The van der Waals surface area contributed by atoms with Crippen LogP contribution in [0.15, 0.2) is 48.7 Å². The molecule has 2 aromatic heterocycles. The summed E-state index contributed by atoms with van der Waals surface area (Å²) in [7, 11) is 1.80. The molecule has 2 atom stereocenters. The normalized spacial score (nSPS) is 16.7. The number of benzene rings is 1. The molecular formula is C26H26F3N5OS. The topological polar surface area (TPSA) is 74.0 Å². The van der Waals surface area contributed by atoms with E-state index in [9.17, 15) is 23.2 Å². The van der Waals surface area contributed by atoms with Gasteiger partial charge >= 0.3 is 6.18 Å². The summed E-state index contributed by atoms with van der Waals surface area (Å²) in [5.74, 6) is -0.583. The number of rotatable bonds is 6. The minimum absolute atomic E-state index is 0.00317. The molecule has 0 bridgehead atoms. The van der Waals surface area contributed by atoms with Crippen LogP contribution in [-0.4, -0.2) is 40.2 Å². The van der Waals surface area contributed by atoms with Gasteiger partial charge in [-0.25, -0.2) is 0 Å². The van der Waals surface area contributed by atoms with E-state index < -0.39 is 17.8 Å². The summed E-state index contributed by atoms with van der Waals surface area (Å²) in [5, 5.41) is 16.3. The van der Waals surface area contributed by atoms with E-state index in [1.165, 1.54) is 28.3 Å². The fourth-order valence-corrected chi connectivity index (χ4v) is 5.41. The maximum atomic E-state index is 13.9. The Bertz CT molecular complexity index is 1330. The largest absolute Gasteiger partial charge is 0.435 e. The number of hydrogen-bond acceptors (Lipinski definition) is 5. The number of likely N-dealkylation sites (N-methyl/N-ethyl adjacent to an activating group) is 1. The molecule has 1 aliphatic rings. The van der Waals surface area contributed by atoms with Crippen LogP contribution in [0.3, 0.4) is 0 Å². The monoisotopic (exact) mass is 513 g/mol. The Kier molecular flexibility index (Phi) is 7.33. The maximum Gasteiger partial charge on any atom is 0.435 e. The van der Waals surface area contributed by atoms with Crippen molar-refractivity contribution < 1.29 is 18.0 Å². The number of carbonyl (C=O) groups is 1. The lowest BCUT2D eigenvalue weighted by Crippen LogP contribution is -2.37. The van der Waals surface area contributed by atoms with E-state index >= 15 is 0 Å². The zero-order chi connectivity index (χ0) is 26.0. The van der Waals surface area contributed by atoms with Crippen LogP contribution in [0.1, 0.15) is 46.3 Å². The molecule has 0 fully saturated rings. The Hall–Kier alpha value is -3.42. The lowest BCUT2D eigenvalue weighted by molar-refractivity contribution is -0.141. The minimum Gasteiger partial charge on any atom is -0.333 e. The highest BCUT2D eigenvalue weighted by atomic mass is 32.1. The number of nitrogens with zero attached hydrogens (tertiary/aromatic N) is 4. The van der Waals surface area contributed by atoms with E-state index in [1.54, 1.807) is 55.3 Å². The first kappa shape index (κ1) is 25.7. The van der Waals surface area contributed by atoms with Crippen molar-refractivity contribution in [3.8, 4) is 17.2 Å². The molecule has 0 saturated carbocycles. The number of nitrogens with one attached hydrogen (secondary N) is 1. The van der Waals surface area contributed by atoms with Gasteiger partial charge in [-0.2, -0.15) is 23.5 Å². The second kappa shape index (κ2) is 10.3. The SMILES string of the molecule is CCn1cc(-c2ccccc2[C@@H]2CN(C(=O)/C=C/[C@@H](C)NC)Cc3sc(C#N)cc32)c(C(F)(F)F)n1. The molecule has 3 aromatic rings. The van der Waals surface area contributed by atoms with E-state index in [2.05, 4.69) is 16.5 Å². The highest BCUT2D eigenvalue weighted by molar-refractivity contribution is 7.12. The Morgan fingerprint density at radius 2 is 2.08 bits per heavy atom. The van der Waals surface area contributed by atoms with Gasteiger partial charge in [-0.1, -0.05) is 30.3 Å². The Morgan fingerprint density at radius 3 is 2.75 bits per heavy atom. The van der Waals surface area contributed by atoms with Crippen molar-refractivity contribution in [2.24, 2.45) is 0 Å². The number of amides is 1. The van der Waals surface area contributed by atoms with Crippen molar-refractivity contribution in [3.05, 3.63) is 75.3 Å². The molecule has 3 heterocycles. The number of thiophene rings is 1. The lowest BCUT2D eigenvalue weighted by Gasteiger charge is -2.33. The first-order valence-corrected chi connectivity index (χ1v) is 12.4. The molecule has 0 spiro atoms. The molecule has 1 N–H and O–H groups in total. The predicted molar refractivity (Wildman–Crippen MR) is 132 cm³/mol. The first-order chi connectivity index (χ1) is 17.2. The molecule has 0 unspecified atom stereocenters. The zero-order valence-corrected chi connectivity index (χ0v) is 21.0. The highest BCUT2D eigenvalue weighted by Gasteiger charge is 2.39.